The molecular formula is C43H50F2N6O6Si. The number of benzene rings is 2. The van der Waals surface area contributed by atoms with Crippen molar-refractivity contribution in [2.75, 3.05) is 45.5 Å². The molecule has 0 radical (unpaired) electrons. The Morgan fingerprint density at radius 1 is 1.10 bits per heavy atom. The smallest absolute Gasteiger partial charge is 0.349 e. The Balaban J connectivity index is 1.19. The number of rotatable bonds is 16. The number of aromatic nitrogens is 4. The number of alkyl halides is 1. The number of halogens is 2. The minimum atomic E-state index is -1.26. The number of ether oxygens (including phenoxy) is 4. The second kappa shape index (κ2) is 16.4. The molecule has 0 bridgehead atoms. The highest BCUT2D eigenvalue weighted by molar-refractivity contribution is 6.76. The first kappa shape index (κ1) is 39.8. The van der Waals surface area contributed by atoms with Crippen molar-refractivity contribution in [1.29, 1.82) is 0 Å². The highest BCUT2D eigenvalue weighted by atomic mass is 28.3. The highest BCUT2D eigenvalue weighted by Crippen LogP contribution is 2.41. The molecule has 2 aromatic carbocycles. The van der Waals surface area contributed by atoms with Crippen LogP contribution in [0.1, 0.15) is 37.3 Å². The summed E-state index contributed by atoms with van der Waals surface area (Å²) in [5.74, 6) is 0.468. The van der Waals surface area contributed by atoms with Crippen LogP contribution >= 0.6 is 0 Å². The topological polar surface area (TPSA) is 126 Å². The lowest BCUT2D eigenvalue weighted by Crippen LogP contribution is -2.43. The molecule has 0 aliphatic carbocycles. The molecule has 0 spiro atoms. The van der Waals surface area contributed by atoms with Crippen molar-refractivity contribution in [3.63, 3.8) is 0 Å². The molecule has 15 heteroatoms. The second-order valence-electron chi connectivity index (χ2n) is 16.6. The molecule has 2 aliphatic heterocycles. The van der Waals surface area contributed by atoms with Crippen LogP contribution in [-0.2, 0) is 29.2 Å². The van der Waals surface area contributed by atoms with Gasteiger partial charge in [-0.15, -0.1) is 0 Å². The molecule has 8 rings (SSSR count). The van der Waals surface area contributed by atoms with Gasteiger partial charge >= 0.3 is 11.6 Å². The lowest BCUT2D eigenvalue weighted by Gasteiger charge is -2.30. The van der Waals surface area contributed by atoms with Gasteiger partial charge in [0.05, 0.1) is 11.1 Å². The van der Waals surface area contributed by atoms with E-state index in [1.807, 2.05) is 29.8 Å². The van der Waals surface area contributed by atoms with Crippen LogP contribution in [0.2, 0.25) is 25.7 Å². The van der Waals surface area contributed by atoms with Gasteiger partial charge in [0.25, 0.3) is 0 Å². The van der Waals surface area contributed by atoms with E-state index in [2.05, 4.69) is 34.8 Å². The number of pyridine rings is 1. The van der Waals surface area contributed by atoms with E-state index in [1.54, 1.807) is 30.5 Å². The Kier molecular flexibility index (Phi) is 11.2. The average Bonchev–Trinajstić information content (AvgIpc) is 3.85. The third-order valence-electron chi connectivity index (χ3n) is 11.3. The van der Waals surface area contributed by atoms with Crippen molar-refractivity contribution >= 4 is 46.6 Å². The largest absolute Gasteiger partial charge is 0.468 e. The van der Waals surface area contributed by atoms with E-state index in [1.165, 1.54) is 13.2 Å². The van der Waals surface area contributed by atoms with E-state index < -0.39 is 25.4 Å². The predicted octanol–water partition coefficient (Wildman–Crippen LogP) is 8.32. The number of nitrogens with zero attached hydrogens (tertiary/aromatic N) is 5. The Bertz CT molecular complexity index is 2520. The lowest BCUT2D eigenvalue weighted by molar-refractivity contribution is 0.0512. The molecule has 6 heterocycles. The molecule has 12 nitrogen and oxygen atoms in total. The third kappa shape index (κ3) is 8.04. The summed E-state index contributed by atoms with van der Waals surface area (Å²) in [6.07, 6.45) is 5.37. The standard InChI is InChI=1S/C43H50F2N6O6Si/c1-6-31-34(45)11-10-27-17-30(56-26-53-2)18-33(37(27)31)36-19-35-38(41(52)57-36)39(49-42(48-35)55-24-43-12-8-14-51(43)23-29(44)20-43)47-21-28-22-50(25-54-15-16-58(3,4)5)40-32(28)9-7-13-46-40/h7,9-11,13,17-19,22,29H,6,8,12,14-16,20-21,23-26H2,1-5H3,(H,47,48,49)/t29-,43+/m1/s1. The summed E-state index contributed by atoms with van der Waals surface area (Å²) in [5, 5.41) is 5.73. The summed E-state index contributed by atoms with van der Waals surface area (Å²) in [6, 6.07) is 13.2. The number of fused-ring (bicyclic) bond motifs is 4. The van der Waals surface area contributed by atoms with Gasteiger partial charge in [-0.2, -0.15) is 9.97 Å². The fourth-order valence-corrected chi connectivity index (χ4v) is 9.19. The van der Waals surface area contributed by atoms with Gasteiger partial charge in [0, 0.05) is 70.7 Å². The van der Waals surface area contributed by atoms with Crippen LogP contribution in [0, 0.1) is 5.82 Å². The maximum absolute atomic E-state index is 15.3. The molecule has 58 heavy (non-hydrogen) atoms. The van der Waals surface area contributed by atoms with Gasteiger partial charge in [0.2, 0.25) is 0 Å². The van der Waals surface area contributed by atoms with E-state index in [-0.39, 0.29) is 54.3 Å². The summed E-state index contributed by atoms with van der Waals surface area (Å²) in [7, 11) is 0.261. The van der Waals surface area contributed by atoms with Crippen LogP contribution in [0.3, 0.4) is 0 Å². The SMILES string of the molecule is CCc1c(F)ccc2cc(OCOC)cc(-c3cc4nc(OC[C@@]56CCCN5C[C@H](F)C6)nc(NCc5cn(COCC[Si](C)(C)C)c6ncccc56)c4c(=O)o3)c12. The molecule has 1 N–H and O–H groups in total. The van der Waals surface area contributed by atoms with E-state index >= 15 is 4.39 Å². The van der Waals surface area contributed by atoms with Crippen molar-refractivity contribution in [3.05, 3.63) is 82.2 Å². The third-order valence-corrected chi connectivity index (χ3v) is 13.0. The maximum Gasteiger partial charge on any atom is 0.349 e. The van der Waals surface area contributed by atoms with Crippen molar-refractivity contribution in [3.8, 4) is 23.1 Å². The van der Waals surface area contributed by atoms with Crippen LogP contribution in [-0.4, -0.2) is 84.4 Å². The Morgan fingerprint density at radius 2 is 1.97 bits per heavy atom. The molecular weight excluding hydrogens is 763 g/mol. The quantitative estimate of drug-likeness (QED) is 0.0576. The minimum Gasteiger partial charge on any atom is -0.468 e. The highest BCUT2D eigenvalue weighted by Gasteiger charge is 2.49. The zero-order valence-corrected chi connectivity index (χ0v) is 34.7. The number of methoxy groups -OCH3 is 1. The summed E-state index contributed by atoms with van der Waals surface area (Å²) >= 11 is 0. The van der Waals surface area contributed by atoms with Gasteiger partial charge in [0.1, 0.15) is 53.7 Å². The van der Waals surface area contributed by atoms with Crippen LogP contribution < -0.4 is 20.4 Å². The van der Waals surface area contributed by atoms with E-state index in [0.29, 0.717) is 60.4 Å². The molecule has 0 saturated carbocycles. The van der Waals surface area contributed by atoms with Gasteiger partial charge in [-0.25, -0.2) is 18.6 Å². The predicted molar refractivity (Wildman–Crippen MR) is 223 cm³/mol. The van der Waals surface area contributed by atoms with Gasteiger partial charge in [-0.05, 0) is 84.1 Å². The lowest BCUT2D eigenvalue weighted by atomic mass is 9.95. The van der Waals surface area contributed by atoms with Crippen LogP contribution in [0.5, 0.6) is 11.8 Å². The van der Waals surface area contributed by atoms with E-state index in [4.69, 9.17) is 33.3 Å². The Labute approximate surface area is 336 Å². The summed E-state index contributed by atoms with van der Waals surface area (Å²) in [4.78, 5) is 30.5. The van der Waals surface area contributed by atoms with Crippen LogP contribution in [0.15, 0.2) is 64.1 Å². The van der Waals surface area contributed by atoms with Gasteiger partial charge < -0.3 is 33.2 Å². The molecule has 2 atom stereocenters. The molecule has 2 fully saturated rings. The van der Waals surface area contributed by atoms with Crippen molar-refractivity contribution in [2.24, 2.45) is 0 Å². The fraction of sp³-hybridized carbons (Fsp3) is 0.442. The van der Waals surface area contributed by atoms with E-state index in [0.717, 1.165) is 42.0 Å². The molecule has 2 aliphatic rings. The first-order valence-corrected chi connectivity index (χ1v) is 23.7. The van der Waals surface area contributed by atoms with E-state index in [9.17, 15) is 9.18 Å². The number of nitrogens with one attached hydrogen (secondary N) is 1. The average molecular weight is 813 g/mol. The molecule has 306 valence electrons. The van der Waals surface area contributed by atoms with Crippen LogP contribution in [0.25, 0.3) is 44.0 Å². The second-order valence-corrected chi connectivity index (χ2v) is 22.2. The summed E-state index contributed by atoms with van der Waals surface area (Å²) < 4.78 is 61.5. The number of hydrogen-bond acceptors (Lipinski definition) is 11. The number of hydrogen-bond donors (Lipinski definition) is 1. The van der Waals surface area contributed by atoms with Gasteiger partial charge in [0.15, 0.2) is 6.79 Å². The van der Waals surface area contributed by atoms with Crippen molar-refractivity contribution in [1.82, 2.24) is 24.4 Å². The number of anilines is 1. The van der Waals surface area contributed by atoms with Crippen molar-refractivity contribution in [2.45, 2.75) is 83.3 Å². The first-order chi connectivity index (χ1) is 27.9. The summed E-state index contributed by atoms with van der Waals surface area (Å²) in [6.45, 7) is 11.5. The first-order valence-electron chi connectivity index (χ1n) is 19.9. The molecule has 0 amide bonds. The fourth-order valence-electron chi connectivity index (χ4n) is 8.43. The molecule has 2 saturated heterocycles. The minimum absolute atomic E-state index is 0.0141. The Hall–Kier alpha value is -4.96. The molecule has 4 aromatic heterocycles. The van der Waals surface area contributed by atoms with Crippen molar-refractivity contribution < 1.29 is 32.1 Å². The Morgan fingerprint density at radius 3 is 2.78 bits per heavy atom. The zero-order chi connectivity index (χ0) is 40.6. The zero-order valence-electron chi connectivity index (χ0n) is 33.7. The molecule has 6 aromatic rings. The van der Waals surface area contributed by atoms with Gasteiger partial charge in [-0.1, -0.05) is 32.6 Å². The van der Waals surface area contributed by atoms with Crippen LogP contribution in [0.4, 0.5) is 14.6 Å². The maximum atomic E-state index is 15.3. The summed E-state index contributed by atoms with van der Waals surface area (Å²) in [5.41, 5.74) is 1.76. The monoisotopic (exact) mass is 812 g/mol. The normalized spacial score (nSPS) is 18.4. The number of aryl methyl sites for hydroxylation is 1. The molecule has 0 unspecified atom stereocenters. The van der Waals surface area contributed by atoms with Gasteiger partial charge in [-0.3, -0.25) is 4.90 Å².